The summed E-state index contributed by atoms with van der Waals surface area (Å²) < 4.78 is 34.6. The van der Waals surface area contributed by atoms with Crippen LogP contribution in [0.4, 0.5) is 10.7 Å². The molecule has 0 aliphatic rings. The third-order valence-electron chi connectivity index (χ3n) is 1.28. The van der Waals surface area contributed by atoms with Crippen molar-refractivity contribution >= 4 is 22.3 Å². The molecule has 0 bridgehead atoms. The first kappa shape index (κ1) is 12.0. The number of hydrogen-bond donors (Lipinski definition) is 3. The molecule has 0 atom stereocenters. The van der Waals surface area contributed by atoms with Gasteiger partial charge in [0.15, 0.2) is 0 Å². The molecular formula is C5H9N5O5S. The molecule has 1 aromatic heterocycles. The fraction of sp³-hybridized carbons (Fsp3) is 0.400. The lowest BCUT2D eigenvalue weighted by molar-refractivity contribution is 0.177. The summed E-state index contributed by atoms with van der Waals surface area (Å²) in [4.78, 5) is 14.2. The van der Waals surface area contributed by atoms with Gasteiger partial charge in [-0.1, -0.05) is 0 Å². The van der Waals surface area contributed by atoms with E-state index < -0.39 is 16.3 Å². The molecule has 16 heavy (non-hydrogen) atoms. The van der Waals surface area contributed by atoms with E-state index in [9.17, 15) is 13.2 Å². The highest BCUT2D eigenvalue weighted by Gasteiger charge is 2.16. The number of aromatic amines is 1. The number of nitrogens with zero attached hydrogens (tertiary/aromatic N) is 2. The number of carbonyl (C=O) groups excluding carboxylic acids is 1. The van der Waals surface area contributed by atoms with Crippen LogP contribution < -0.4 is 14.2 Å². The van der Waals surface area contributed by atoms with Crippen molar-refractivity contribution in [2.24, 2.45) is 0 Å². The average molecular weight is 251 g/mol. The van der Waals surface area contributed by atoms with Crippen LogP contribution in [0, 0.1) is 0 Å². The first-order valence-electron chi connectivity index (χ1n) is 3.81. The van der Waals surface area contributed by atoms with Crippen molar-refractivity contribution in [3.63, 3.8) is 0 Å². The Bertz CT molecular complexity index is 467. The van der Waals surface area contributed by atoms with Crippen LogP contribution in [0.5, 0.6) is 6.01 Å². The zero-order valence-electron chi connectivity index (χ0n) is 8.34. The van der Waals surface area contributed by atoms with Gasteiger partial charge in [0.25, 0.3) is 0 Å². The molecule has 0 radical (unpaired) electrons. The molecule has 0 saturated heterocycles. The van der Waals surface area contributed by atoms with Gasteiger partial charge in [-0.05, 0) is 0 Å². The summed E-state index contributed by atoms with van der Waals surface area (Å²) in [5, 5.41) is 5.72. The molecule has 1 rings (SSSR count). The average Bonchev–Trinajstić information content (AvgIpc) is 2.63. The van der Waals surface area contributed by atoms with Crippen molar-refractivity contribution in [3.05, 3.63) is 0 Å². The van der Waals surface area contributed by atoms with Crippen LogP contribution in [-0.4, -0.2) is 43.9 Å². The third-order valence-corrected chi connectivity index (χ3v) is 2.18. The lowest BCUT2D eigenvalue weighted by atomic mass is 11.1. The summed E-state index contributed by atoms with van der Waals surface area (Å²) >= 11 is 0. The molecule has 1 aromatic rings. The summed E-state index contributed by atoms with van der Waals surface area (Å²) in [6, 6.07) is -0.0456. The second kappa shape index (κ2) is 4.65. The molecule has 11 heteroatoms. The second-order valence-corrected chi connectivity index (χ2v) is 3.78. The number of H-pyrrole nitrogens is 1. The number of methoxy groups -OCH3 is 2. The van der Waals surface area contributed by atoms with Gasteiger partial charge in [-0.2, -0.15) is 13.4 Å². The number of ether oxygens (including phenoxy) is 2. The molecule has 0 aliphatic carbocycles. The van der Waals surface area contributed by atoms with E-state index in [1.54, 1.807) is 4.72 Å². The van der Waals surface area contributed by atoms with Gasteiger partial charge < -0.3 is 9.47 Å². The summed E-state index contributed by atoms with van der Waals surface area (Å²) in [5.74, 6) is -0.201. The minimum Gasteiger partial charge on any atom is -0.466 e. The van der Waals surface area contributed by atoms with Crippen LogP contribution in [-0.2, 0) is 14.9 Å². The Kier molecular flexibility index (Phi) is 3.50. The predicted molar refractivity (Wildman–Crippen MR) is 51.0 cm³/mol. The van der Waals surface area contributed by atoms with Gasteiger partial charge >= 0.3 is 22.3 Å². The molecule has 0 unspecified atom stereocenters. The lowest BCUT2D eigenvalue weighted by Crippen LogP contribution is -2.35. The molecule has 10 nitrogen and oxygen atoms in total. The van der Waals surface area contributed by atoms with Gasteiger partial charge in [-0.3, -0.25) is 0 Å². The Balaban J connectivity index is 2.69. The first-order valence-corrected chi connectivity index (χ1v) is 5.30. The Labute approximate surface area is 90.5 Å². The number of hydrogen-bond acceptors (Lipinski definition) is 7. The van der Waals surface area contributed by atoms with Crippen LogP contribution in [0.15, 0.2) is 0 Å². The SMILES string of the molecule is COC(=O)NS(=O)(=O)Nc1nc(OC)n[nH]1. The minimum absolute atomic E-state index is 0.0456. The molecule has 3 N–H and O–H groups in total. The standard InChI is InChI=1S/C5H9N5O5S/c1-14-4-6-3(7-8-4)9-16(12,13)10-5(11)15-2/h1-2H3,(H,10,11)(H2,6,7,8,9). The van der Waals surface area contributed by atoms with Crippen LogP contribution in [0.2, 0.25) is 0 Å². The van der Waals surface area contributed by atoms with E-state index in [2.05, 4.69) is 24.7 Å². The highest BCUT2D eigenvalue weighted by Crippen LogP contribution is 2.05. The van der Waals surface area contributed by atoms with Crippen LogP contribution in [0.3, 0.4) is 0 Å². The normalized spacial score (nSPS) is 10.6. The number of rotatable bonds is 4. The number of nitrogens with one attached hydrogen (secondary N) is 3. The Morgan fingerprint density at radius 3 is 2.62 bits per heavy atom. The molecule has 0 fully saturated rings. The second-order valence-electron chi connectivity index (χ2n) is 2.37. The van der Waals surface area contributed by atoms with Crippen molar-refractivity contribution < 1.29 is 22.7 Å². The molecule has 0 saturated carbocycles. The highest BCUT2D eigenvalue weighted by molar-refractivity contribution is 7.91. The number of anilines is 1. The fourth-order valence-corrected chi connectivity index (χ4v) is 1.39. The van der Waals surface area contributed by atoms with Gasteiger partial charge in [-0.15, -0.1) is 5.10 Å². The van der Waals surface area contributed by atoms with E-state index in [1.807, 2.05) is 4.72 Å². The highest BCUT2D eigenvalue weighted by atomic mass is 32.2. The predicted octanol–water partition coefficient (Wildman–Crippen LogP) is -1.17. The Morgan fingerprint density at radius 2 is 2.12 bits per heavy atom. The summed E-state index contributed by atoms with van der Waals surface area (Å²) in [5.41, 5.74) is 0. The van der Waals surface area contributed by atoms with E-state index in [-0.39, 0.29) is 12.0 Å². The number of carbonyl (C=O) groups is 1. The maximum Gasteiger partial charge on any atom is 0.422 e. The fourth-order valence-electron chi connectivity index (χ4n) is 0.688. The maximum absolute atomic E-state index is 11.2. The van der Waals surface area contributed by atoms with E-state index in [0.717, 1.165) is 7.11 Å². The molecule has 1 amide bonds. The van der Waals surface area contributed by atoms with Crippen molar-refractivity contribution in [2.75, 3.05) is 18.9 Å². The summed E-state index contributed by atoms with van der Waals surface area (Å²) in [6.07, 6.45) is -1.13. The van der Waals surface area contributed by atoms with Gasteiger partial charge in [0.1, 0.15) is 0 Å². The van der Waals surface area contributed by atoms with Crippen molar-refractivity contribution in [1.29, 1.82) is 0 Å². The van der Waals surface area contributed by atoms with Crippen LogP contribution >= 0.6 is 0 Å². The zero-order valence-corrected chi connectivity index (χ0v) is 9.16. The summed E-state index contributed by atoms with van der Waals surface area (Å²) in [6.45, 7) is 0. The van der Waals surface area contributed by atoms with Gasteiger partial charge in [-0.25, -0.2) is 19.3 Å². The number of amides is 1. The smallest absolute Gasteiger partial charge is 0.422 e. The molecule has 0 spiro atoms. The monoisotopic (exact) mass is 251 g/mol. The Morgan fingerprint density at radius 1 is 1.44 bits per heavy atom. The van der Waals surface area contributed by atoms with E-state index >= 15 is 0 Å². The third kappa shape index (κ3) is 3.27. The van der Waals surface area contributed by atoms with E-state index in [1.165, 1.54) is 7.11 Å². The lowest BCUT2D eigenvalue weighted by Gasteiger charge is -2.04. The molecule has 90 valence electrons. The molecule has 0 aromatic carbocycles. The van der Waals surface area contributed by atoms with E-state index in [0.29, 0.717) is 0 Å². The van der Waals surface area contributed by atoms with Crippen molar-refractivity contribution in [2.45, 2.75) is 0 Å². The van der Waals surface area contributed by atoms with Crippen LogP contribution in [0.25, 0.3) is 0 Å². The van der Waals surface area contributed by atoms with Crippen LogP contribution in [0.1, 0.15) is 0 Å². The largest absolute Gasteiger partial charge is 0.466 e. The topological polar surface area (TPSA) is 135 Å². The quantitative estimate of drug-likeness (QED) is 0.613. The number of aromatic nitrogens is 3. The van der Waals surface area contributed by atoms with Crippen molar-refractivity contribution in [1.82, 2.24) is 19.9 Å². The molecule has 0 aliphatic heterocycles. The van der Waals surface area contributed by atoms with Gasteiger partial charge in [0.05, 0.1) is 14.2 Å². The maximum atomic E-state index is 11.2. The summed E-state index contributed by atoms with van der Waals surface area (Å²) in [7, 11) is -1.76. The van der Waals surface area contributed by atoms with Gasteiger partial charge in [0.2, 0.25) is 5.95 Å². The molecular weight excluding hydrogens is 242 g/mol. The van der Waals surface area contributed by atoms with Crippen molar-refractivity contribution in [3.8, 4) is 6.01 Å². The minimum atomic E-state index is -4.10. The molecule has 1 heterocycles. The van der Waals surface area contributed by atoms with E-state index in [4.69, 9.17) is 0 Å². The zero-order chi connectivity index (χ0) is 12.2. The Hall–Kier alpha value is -2.04. The van der Waals surface area contributed by atoms with Gasteiger partial charge in [0, 0.05) is 0 Å². The first-order chi connectivity index (χ1) is 7.46.